The van der Waals surface area contributed by atoms with Crippen LogP contribution in [0.25, 0.3) is 0 Å². The van der Waals surface area contributed by atoms with Crippen molar-refractivity contribution in [1.82, 2.24) is 14.5 Å². The molecule has 3 rings (SSSR count). The summed E-state index contributed by atoms with van der Waals surface area (Å²) in [6.07, 6.45) is 2.85. The Bertz CT molecular complexity index is 579. The molecule has 2 aliphatic heterocycles. The van der Waals surface area contributed by atoms with Crippen molar-refractivity contribution in [1.29, 1.82) is 0 Å². The van der Waals surface area contributed by atoms with Crippen molar-refractivity contribution in [2.24, 2.45) is 7.05 Å². The summed E-state index contributed by atoms with van der Waals surface area (Å²) in [7, 11) is 1.80. The van der Waals surface area contributed by atoms with Crippen LogP contribution in [0.1, 0.15) is 23.5 Å². The van der Waals surface area contributed by atoms with Gasteiger partial charge < -0.3 is 14.4 Å². The van der Waals surface area contributed by atoms with E-state index in [9.17, 15) is 4.79 Å². The van der Waals surface area contributed by atoms with E-state index in [1.807, 2.05) is 6.92 Å². The zero-order chi connectivity index (χ0) is 15.5. The van der Waals surface area contributed by atoms with Crippen LogP contribution < -0.4 is 5.56 Å². The van der Waals surface area contributed by atoms with Crippen molar-refractivity contribution >= 4 is 0 Å². The molecule has 0 amide bonds. The van der Waals surface area contributed by atoms with Crippen LogP contribution in [0.3, 0.4) is 0 Å². The molecule has 1 fully saturated rings. The molecule has 0 saturated carbocycles. The minimum absolute atomic E-state index is 0.119. The number of fused-ring (bicyclic) bond motifs is 1. The normalized spacial score (nSPS) is 23.1. The number of aryl methyl sites for hydroxylation is 1. The number of rotatable bonds is 3. The summed E-state index contributed by atoms with van der Waals surface area (Å²) in [5, 5.41) is 0. The summed E-state index contributed by atoms with van der Waals surface area (Å²) < 4.78 is 12.8. The monoisotopic (exact) mass is 307 g/mol. The van der Waals surface area contributed by atoms with E-state index in [1.54, 1.807) is 11.6 Å². The Balaban J connectivity index is 1.61. The van der Waals surface area contributed by atoms with Gasteiger partial charge in [-0.05, 0) is 19.8 Å². The lowest BCUT2D eigenvalue weighted by atomic mass is 10.1. The Morgan fingerprint density at radius 1 is 1.27 bits per heavy atom. The summed E-state index contributed by atoms with van der Waals surface area (Å²) >= 11 is 0. The average molecular weight is 307 g/mol. The predicted molar refractivity (Wildman–Crippen MR) is 83.2 cm³/mol. The minimum atomic E-state index is 0.119. The molecule has 0 radical (unpaired) electrons. The molecule has 1 saturated heterocycles. The SMILES string of the molecule is Cc1nc2c(c(=O)n1C)CCN(CCC1COCCO1)CC2. The maximum absolute atomic E-state index is 12.4. The molecule has 122 valence electrons. The third-order valence-electron chi connectivity index (χ3n) is 4.69. The lowest BCUT2D eigenvalue weighted by Gasteiger charge is -2.26. The van der Waals surface area contributed by atoms with E-state index in [0.29, 0.717) is 19.8 Å². The van der Waals surface area contributed by atoms with Crippen LogP contribution in [0.5, 0.6) is 0 Å². The summed E-state index contributed by atoms with van der Waals surface area (Å²) in [5.41, 5.74) is 2.00. The lowest BCUT2D eigenvalue weighted by molar-refractivity contribution is -0.0926. The smallest absolute Gasteiger partial charge is 0.256 e. The van der Waals surface area contributed by atoms with Gasteiger partial charge in [-0.1, -0.05) is 0 Å². The Morgan fingerprint density at radius 2 is 2.09 bits per heavy atom. The van der Waals surface area contributed by atoms with Crippen molar-refractivity contribution in [3.63, 3.8) is 0 Å². The van der Waals surface area contributed by atoms with Crippen molar-refractivity contribution in [3.8, 4) is 0 Å². The first-order valence-corrected chi connectivity index (χ1v) is 8.12. The molecule has 0 N–H and O–H groups in total. The van der Waals surface area contributed by atoms with Gasteiger partial charge in [0.2, 0.25) is 0 Å². The molecule has 22 heavy (non-hydrogen) atoms. The highest BCUT2D eigenvalue weighted by atomic mass is 16.6. The molecule has 0 spiro atoms. The second-order valence-electron chi connectivity index (χ2n) is 6.15. The number of aromatic nitrogens is 2. The molecule has 6 nitrogen and oxygen atoms in total. The highest BCUT2D eigenvalue weighted by Gasteiger charge is 2.21. The number of hydrogen-bond donors (Lipinski definition) is 0. The molecule has 0 bridgehead atoms. The zero-order valence-electron chi connectivity index (χ0n) is 13.5. The fourth-order valence-corrected chi connectivity index (χ4v) is 3.17. The second kappa shape index (κ2) is 6.89. The third kappa shape index (κ3) is 3.39. The summed E-state index contributed by atoms with van der Waals surface area (Å²) in [4.78, 5) is 19.4. The van der Waals surface area contributed by atoms with Crippen LogP contribution in [-0.4, -0.2) is 60.0 Å². The molecule has 1 aromatic rings. The molecule has 1 atom stereocenters. The second-order valence-corrected chi connectivity index (χ2v) is 6.15. The van der Waals surface area contributed by atoms with Crippen molar-refractivity contribution < 1.29 is 9.47 Å². The van der Waals surface area contributed by atoms with E-state index >= 15 is 0 Å². The van der Waals surface area contributed by atoms with Gasteiger partial charge in [-0.15, -0.1) is 0 Å². The van der Waals surface area contributed by atoms with E-state index in [4.69, 9.17) is 9.47 Å². The van der Waals surface area contributed by atoms with Crippen LogP contribution in [0, 0.1) is 6.92 Å². The first kappa shape index (κ1) is 15.6. The number of hydrogen-bond acceptors (Lipinski definition) is 5. The first-order chi connectivity index (χ1) is 10.6. The average Bonchev–Trinajstić information content (AvgIpc) is 2.74. The molecule has 6 heteroatoms. The fourth-order valence-electron chi connectivity index (χ4n) is 3.17. The van der Waals surface area contributed by atoms with Crippen LogP contribution in [0.2, 0.25) is 0 Å². The highest BCUT2D eigenvalue weighted by Crippen LogP contribution is 2.13. The molecule has 3 heterocycles. The molecule has 2 aliphatic rings. The topological polar surface area (TPSA) is 56.6 Å². The van der Waals surface area contributed by atoms with Gasteiger partial charge in [0.25, 0.3) is 5.56 Å². The van der Waals surface area contributed by atoms with Gasteiger partial charge in [-0.2, -0.15) is 0 Å². The Kier molecular flexibility index (Phi) is 4.90. The Labute approximate surface area is 131 Å². The van der Waals surface area contributed by atoms with E-state index < -0.39 is 0 Å². The largest absolute Gasteiger partial charge is 0.376 e. The third-order valence-corrected chi connectivity index (χ3v) is 4.69. The van der Waals surface area contributed by atoms with Gasteiger partial charge in [0.15, 0.2) is 0 Å². The maximum atomic E-state index is 12.4. The Hall–Kier alpha value is -1.24. The van der Waals surface area contributed by atoms with Gasteiger partial charge in [0.1, 0.15) is 5.82 Å². The zero-order valence-corrected chi connectivity index (χ0v) is 13.5. The van der Waals surface area contributed by atoms with E-state index in [1.165, 1.54) is 0 Å². The number of ether oxygens (including phenoxy) is 2. The first-order valence-electron chi connectivity index (χ1n) is 8.12. The number of nitrogens with zero attached hydrogens (tertiary/aromatic N) is 3. The van der Waals surface area contributed by atoms with Gasteiger partial charge in [-0.25, -0.2) is 4.98 Å². The van der Waals surface area contributed by atoms with Gasteiger partial charge >= 0.3 is 0 Å². The van der Waals surface area contributed by atoms with Crippen molar-refractivity contribution in [3.05, 3.63) is 27.4 Å². The molecular weight excluding hydrogens is 282 g/mol. The van der Waals surface area contributed by atoms with Gasteiger partial charge in [-0.3, -0.25) is 9.36 Å². The minimum Gasteiger partial charge on any atom is -0.376 e. The molecule has 1 aromatic heterocycles. The molecule has 1 unspecified atom stereocenters. The van der Waals surface area contributed by atoms with Crippen LogP contribution in [0.15, 0.2) is 4.79 Å². The summed E-state index contributed by atoms with van der Waals surface area (Å²) in [5.74, 6) is 0.796. The molecule has 0 aromatic carbocycles. The van der Waals surface area contributed by atoms with Crippen LogP contribution in [-0.2, 0) is 29.4 Å². The standard InChI is InChI=1S/C16H25N3O3/c1-12-17-15-5-8-19(6-3-13-11-21-9-10-22-13)7-4-14(15)16(20)18(12)2/h13H,3-11H2,1-2H3. The predicted octanol–water partition coefficient (Wildman–Crippen LogP) is 0.295. The maximum Gasteiger partial charge on any atom is 0.256 e. The quantitative estimate of drug-likeness (QED) is 0.804. The van der Waals surface area contributed by atoms with Crippen LogP contribution in [0.4, 0.5) is 0 Å². The van der Waals surface area contributed by atoms with Gasteiger partial charge in [0.05, 0.1) is 31.6 Å². The van der Waals surface area contributed by atoms with Crippen molar-refractivity contribution in [2.75, 3.05) is 39.5 Å². The fraction of sp³-hybridized carbons (Fsp3) is 0.750. The lowest BCUT2D eigenvalue weighted by Crippen LogP contribution is -2.35. The van der Waals surface area contributed by atoms with E-state index in [2.05, 4.69) is 9.88 Å². The summed E-state index contributed by atoms with van der Waals surface area (Å²) in [6, 6.07) is 0. The van der Waals surface area contributed by atoms with Crippen molar-refractivity contribution in [2.45, 2.75) is 32.3 Å². The Morgan fingerprint density at radius 3 is 2.86 bits per heavy atom. The van der Waals surface area contributed by atoms with E-state index in [-0.39, 0.29) is 11.7 Å². The summed E-state index contributed by atoms with van der Waals surface area (Å²) in [6.45, 7) is 6.88. The van der Waals surface area contributed by atoms with E-state index in [0.717, 1.165) is 56.0 Å². The van der Waals surface area contributed by atoms with Crippen LogP contribution >= 0.6 is 0 Å². The van der Waals surface area contributed by atoms with Gasteiger partial charge in [0, 0.05) is 38.7 Å². The molecular formula is C16H25N3O3. The highest BCUT2D eigenvalue weighted by molar-refractivity contribution is 5.21. The molecule has 0 aliphatic carbocycles.